The van der Waals surface area contributed by atoms with Crippen LogP contribution in [0.25, 0.3) is 0 Å². The second-order valence-corrected chi connectivity index (χ2v) is 4.17. The lowest BCUT2D eigenvalue weighted by atomic mass is 9.90. The summed E-state index contributed by atoms with van der Waals surface area (Å²) in [4.78, 5) is 27.2. The van der Waals surface area contributed by atoms with Crippen molar-refractivity contribution < 1.29 is 9.59 Å². The molecule has 0 radical (unpaired) electrons. The van der Waals surface area contributed by atoms with Crippen LogP contribution in [-0.2, 0) is 9.59 Å². The quantitative estimate of drug-likeness (QED) is 0.393. The van der Waals surface area contributed by atoms with E-state index in [0.29, 0.717) is 30.8 Å². The van der Waals surface area contributed by atoms with E-state index in [1.54, 1.807) is 12.2 Å². The van der Waals surface area contributed by atoms with Gasteiger partial charge in [-0.3, -0.25) is 0 Å². The topological polar surface area (TPSA) is 58.9 Å². The van der Waals surface area contributed by atoms with Gasteiger partial charge in [0.15, 0.2) is 0 Å². The van der Waals surface area contributed by atoms with Crippen LogP contribution in [0.4, 0.5) is 0 Å². The maximum atomic E-state index is 10.0. The lowest BCUT2D eigenvalue weighted by Crippen LogP contribution is -2.13. The Balaban J connectivity index is 1.98. The summed E-state index contributed by atoms with van der Waals surface area (Å²) in [6.07, 6.45) is 7.54. The maximum absolute atomic E-state index is 10.0. The monoisotopic (exact) mass is 204 g/mol. The third kappa shape index (κ3) is 1.96. The van der Waals surface area contributed by atoms with Crippen molar-refractivity contribution in [2.75, 3.05) is 13.1 Å². The molecule has 1 fully saturated rings. The highest BCUT2D eigenvalue weighted by atomic mass is 16.1. The largest absolute Gasteiger partial charge is 0.235 e. The average Bonchev–Trinajstić information content (AvgIpc) is 2.82. The minimum Gasteiger partial charge on any atom is -0.211 e. The highest BCUT2D eigenvalue weighted by molar-refractivity contribution is 5.35. The molecule has 0 spiro atoms. The van der Waals surface area contributed by atoms with E-state index in [9.17, 15) is 9.59 Å². The Hall–Kier alpha value is -1.50. The normalized spacial score (nSPS) is 31.7. The molecule has 4 nitrogen and oxygen atoms in total. The second-order valence-electron chi connectivity index (χ2n) is 4.17. The van der Waals surface area contributed by atoms with Gasteiger partial charge in [-0.15, -0.1) is 0 Å². The first-order valence-corrected chi connectivity index (χ1v) is 5.13. The zero-order valence-electron chi connectivity index (χ0n) is 8.35. The first kappa shape index (κ1) is 10.0. The van der Waals surface area contributed by atoms with Gasteiger partial charge in [0.1, 0.15) is 0 Å². The molecule has 0 N–H and O–H groups in total. The number of isocyanates is 2. The maximum Gasteiger partial charge on any atom is 0.235 e. The van der Waals surface area contributed by atoms with Crippen molar-refractivity contribution in [3.8, 4) is 0 Å². The Morgan fingerprint density at radius 3 is 2.67 bits per heavy atom. The number of fused-ring (bicyclic) bond motifs is 2. The first-order chi connectivity index (χ1) is 7.35. The van der Waals surface area contributed by atoms with Gasteiger partial charge in [-0.1, -0.05) is 6.08 Å². The van der Waals surface area contributed by atoms with Crippen molar-refractivity contribution in [3.05, 3.63) is 11.6 Å². The number of rotatable bonds is 4. The van der Waals surface area contributed by atoms with Crippen LogP contribution in [-0.4, -0.2) is 25.2 Å². The fourth-order valence-electron chi connectivity index (χ4n) is 2.75. The van der Waals surface area contributed by atoms with Crippen LogP contribution in [0.5, 0.6) is 0 Å². The summed E-state index contributed by atoms with van der Waals surface area (Å²) in [6.45, 7) is 1.08. The van der Waals surface area contributed by atoms with Crippen LogP contribution in [0, 0.1) is 17.8 Å². The zero-order valence-corrected chi connectivity index (χ0v) is 8.35. The molecule has 0 aromatic rings. The highest BCUT2D eigenvalue weighted by Gasteiger charge is 2.39. The van der Waals surface area contributed by atoms with E-state index in [4.69, 9.17) is 0 Å². The highest BCUT2D eigenvalue weighted by Crippen LogP contribution is 2.47. The Morgan fingerprint density at radius 1 is 1.27 bits per heavy atom. The van der Waals surface area contributed by atoms with E-state index in [2.05, 4.69) is 16.1 Å². The number of hydrogen-bond acceptors (Lipinski definition) is 4. The van der Waals surface area contributed by atoms with Crippen LogP contribution in [0.15, 0.2) is 21.6 Å². The lowest BCUT2D eigenvalue weighted by molar-refractivity contribution is 0.451. The molecule has 0 aromatic carbocycles. The smallest absolute Gasteiger partial charge is 0.211 e. The second kappa shape index (κ2) is 4.35. The van der Waals surface area contributed by atoms with Gasteiger partial charge in [-0.05, 0) is 36.2 Å². The summed E-state index contributed by atoms with van der Waals surface area (Å²) in [5, 5.41) is 0. The average molecular weight is 204 g/mol. The molecule has 0 aliphatic heterocycles. The van der Waals surface area contributed by atoms with Crippen molar-refractivity contribution in [1.29, 1.82) is 0 Å². The van der Waals surface area contributed by atoms with Gasteiger partial charge >= 0.3 is 0 Å². The van der Waals surface area contributed by atoms with E-state index >= 15 is 0 Å². The Labute approximate surface area is 87.8 Å². The van der Waals surface area contributed by atoms with Crippen LogP contribution >= 0.6 is 0 Å². The van der Waals surface area contributed by atoms with Crippen molar-refractivity contribution >= 4 is 12.2 Å². The van der Waals surface area contributed by atoms with E-state index < -0.39 is 0 Å². The SMILES string of the molecule is O=C=NCC1=CC2CC1CC2CN=C=O. The molecular formula is C11H12N2O2. The summed E-state index contributed by atoms with van der Waals surface area (Å²) in [5.74, 6) is 1.54. The molecule has 15 heavy (non-hydrogen) atoms. The minimum atomic E-state index is 0.486. The van der Waals surface area contributed by atoms with E-state index in [0.717, 1.165) is 12.8 Å². The molecular weight excluding hydrogens is 192 g/mol. The van der Waals surface area contributed by atoms with Crippen LogP contribution in [0.3, 0.4) is 0 Å². The standard InChI is InChI=1S/C11H12N2O2/c14-6-12-4-10-2-8-1-9(10)3-11(8)5-13-7-15/h2,8-9,11H,1,3-5H2. The van der Waals surface area contributed by atoms with Gasteiger partial charge in [-0.25, -0.2) is 19.6 Å². The predicted molar refractivity (Wildman–Crippen MR) is 53.8 cm³/mol. The van der Waals surface area contributed by atoms with Gasteiger partial charge in [0.2, 0.25) is 12.2 Å². The lowest BCUT2D eigenvalue weighted by Gasteiger charge is -2.17. The van der Waals surface area contributed by atoms with Gasteiger partial charge in [0.05, 0.1) is 13.1 Å². The van der Waals surface area contributed by atoms with Crippen LogP contribution in [0.2, 0.25) is 0 Å². The van der Waals surface area contributed by atoms with Crippen molar-refractivity contribution in [1.82, 2.24) is 0 Å². The molecule has 2 aliphatic carbocycles. The summed E-state index contributed by atoms with van der Waals surface area (Å²) >= 11 is 0. The van der Waals surface area contributed by atoms with Gasteiger partial charge < -0.3 is 0 Å². The van der Waals surface area contributed by atoms with Crippen LogP contribution < -0.4 is 0 Å². The fourth-order valence-corrected chi connectivity index (χ4v) is 2.75. The van der Waals surface area contributed by atoms with Gasteiger partial charge in [0, 0.05) is 0 Å². The van der Waals surface area contributed by atoms with Crippen molar-refractivity contribution in [2.45, 2.75) is 12.8 Å². The summed E-state index contributed by atoms with van der Waals surface area (Å²) in [6, 6.07) is 0. The number of nitrogens with zero attached hydrogens (tertiary/aromatic N) is 2. The number of hydrogen-bond donors (Lipinski definition) is 0. The molecule has 2 rings (SSSR count). The molecule has 4 heteroatoms. The van der Waals surface area contributed by atoms with E-state index in [1.165, 1.54) is 5.57 Å². The minimum absolute atomic E-state index is 0.486. The van der Waals surface area contributed by atoms with Crippen molar-refractivity contribution in [2.24, 2.45) is 27.7 Å². The Morgan fingerprint density at radius 2 is 2.07 bits per heavy atom. The molecule has 3 unspecified atom stereocenters. The van der Waals surface area contributed by atoms with Crippen molar-refractivity contribution in [3.63, 3.8) is 0 Å². The Kier molecular flexibility index (Phi) is 2.91. The molecule has 78 valence electrons. The molecule has 1 saturated carbocycles. The molecule has 0 heterocycles. The van der Waals surface area contributed by atoms with E-state index in [-0.39, 0.29) is 0 Å². The molecule has 0 aromatic heterocycles. The predicted octanol–water partition coefficient (Wildman–Crippen LogP) is 1.24. The molecule has 2 bridgehead atoms. The van der Waals surface area contributed by atoms with Crippen LogP contribution in [0.1, 0.15) is 12.8 Å². The summed E-state index contributed by atoms with van der Waals surface area (Å²) in [7, 11) is 0. The number of carbonyl (C=O) groups excluding carboxylic acids is 2. The Bertz CT molecular complexity index is 376. The number of aliphatic imine (C=N–C) groups is 2. The molecule has 0 amide bonds. The zero-order chi connectivity index (χ0) is 10.7. The molecule has 2 aliphatic rings. The first-order valence-electron chi connectivity index (χ1n) is 5.13. The summed E-state index contributed by atoms with van der Waals surface area (Å²) in [5.41, 5.74) is 1.26. The fraction of sp³-hybridized carbons (Fsp3) is 0.636. The third-order valence-electron chi connectivity index (χ3n) is 3.42. The number of allylic oxidation sites excluding steroid dienone is 1. The van der Waals surface area contributed by atoms with Gasteiger partial charge in [0.25, 0.3) is 0 Å². The summed E-state index contributed by atoms with van der Waals surface area (Å²) < 4.78 is 0. The third-order valence-corrected chi connectivity index (χ3v) is 3.42. The molecule has 0 saturated heterocycles. The van der Waals surface area contributed by atoms with Gasteiger partial charge in [-0.2, -0.15) is 0 Å². The van der Waals surface area contributed by atoms with E-state index in [1.807, 2.05) is 0 Å². The molecule has 3 atom stereocenters.